The molecule has 16 heteroatoms. The van der Waals surface area contributed by atoms with E-state index in [1.54, 1.807) is 12.1 Å². The van der Waals surface area contributed by atoms with Crippen LogP contribution < -0.4 is 76.8 Å². The maximum Gasteiger partial charge on any atom is 1.00 e. The van der Waals surface area contributed by atoms with Crippen LogP contribution in [0.3, 0.4) is 0 Å². The monoisotopic (exact) mass is 774 g/mol. The SMILES string of the molecule is CN1CCc2cccc3c2[C@H]1Cc1ccc(O)c(O)c1-3.CN1CCc2cccc3c2[C@H]1Cc1ccc(O)c(O)c1-3.Cl.O.O=C=O.O=CO[O-].[Cl-].[Na+].[Na+]. The Morgan fingerprint density at radius 2 is 1.06 bits per heavy atom. The number of carbonyl (C=O) groups is 1. The van der Waals surface area contributed by atoms with Crippen LogP contribution in [0.1, 0.15) is 45.5 Å². The van der Waals surface area contributed by atoms with Crippen LogP contribution in [-0.4, -0.2) is 75.5 Å². The molecule has 2 heterocycles. The van der Waals surface area contributed by atoms with Crippen LogP contribution in [0.2, 0.25) is 0 Å². The van der Waals surface area contributed by atoms with Gasteiger partial charge in [-0.3, -0.25) is 14.6 Å². The Kier molecular flexibility index (Phi) is 20.8. The number of rotatable bonds is 1. The normalized spacial score (nSPS) is 16.2. The minimum absolute atomic E-state index is 0. The van der Waals surface area contributed by atoms with Gasteiger partial charge in [-0.15, -0.1) is 12.4 Å². The van der Waals surface area contributed by atoms with Gasteiger partial charge in [0.1, 0.15) is 0 Å². The molecule has 4 aromatic rings. The van der Waals surface area contributed by atoms with Crippen LogP contribution in [0.25, 0.3) is 22.3 Å². The Bertz CT molecular complexity index is 1740. The van der Waals surface area contributed by atoms with E-state index in [0.717, 1.165) is 72.2 Å². The smallest absolute Gasteiger partial charge is 1.00 e. The molecule has 52 heavy (non-hydrogen) atoms. The third-order valence-electron chi connectivity index (χ3n) is 9.48. The van der Waals surface area contributed by atoms with Gasteiger partial charge in [-0.25, -0.2) is 0 Å². The summed E-state index contributed by atoms with van der Waals surface area (Å²) in [6, 6.07) is 20.4. The predicted molar refractivity (Wildman–Crippen MR) is 179 cm³/mol. The molecule has 0 amide bonds. The summed E-state index contributed by atoms with van der Waals surface area (Å²) in [6.45, 7) is 1.96. The maximum absolute atomic E-state index is 10.3. The number of nitrogens with zero attached hydrogens (tertiary/aromatic N) is 2. The van der Waals surface area contributed by atoms with Gasteiger partial charge >= 0.3 is 65.3 Å². The van der Waals surface area contributed by atoms with Crippen molar-refractivity contribution in [2.24, 2.45) is 0 Å². The molecule has 0 fully saturated rings. The molecule has 268 valence electrons. The Balaban J connectivity index is 0.000000786. The van der Waals surface area contributed by atoms with Crippen molar-refractivity contribution in [3.05, 3.63) is 94.0 Å². The molecular weight excluding hydrogens is 737 g/mol. The number of fused-ring (bicyclic) bond motifs is 4. The second-order valence-corrected chi connectivity index (χ2v) is 11.9. The number of carbonyl (C=O) groups excluding carboxylic acids is 3. The summed E-state index contributed by atoms with van der Waals surface area (Å²) >= 11 is 0. The topological polar surface area (TPSA) is 202 Å². The zero-order valence-corrected chi connectivity index (χ0v) is 34.8. The van der Waals surface area contributed by atoms with Crippen LogP contribution in [0.15, 0.2) is 60.7 Å². The fraction of sp³-hybridized carbons (Fsp3) is 0.278. The number of likely N-dealkylation sites (N-methyl/N-ethyl adjacent to an activating group) is 2. The average Bonchev–Trinajstić information content (AvgIpc) is 3.08. The summed E-state index contributed by atoms with van der Waals surface area (Å²) in [6.07, 6.45) is 4.13. The van der Waals surface area contributed by atoms with Gasteiger partial charge in [0.2, 0.25) is 0 Å². The van der Waals surface area contributed by atoms with E-state index in [2.05, 4.69) is 65.2 Å². The molecule has 6 N–H and O–H groups in total. The Hall–Kier alpha value is -2.65. The van der Waals surface area contributed by atoms with Crippen molar-refractivity contribution in [2.45, 2.75) is 37.8 Å². The zero-order valence-electron chi connectivity index (χ0n) is 29.3. The van der Waals surface area contributed by atoms with Crippen LogP contribution in [-0.2, 0) is 45.0 Å². The molecule has 4 aromatic carbocycles. The van der Waals surface area contributed by atoms with E-state index < -0.39 is 0 Å². The Labute approximate surface area is 358 Å². The van der Waals surface area contributed by atoms with Crippen molar-refractivity contribution in [3.63, 3.8) is 0 Å². The van der Waals surface area contributed by atoms with Crippen molar-refractivity contribution >= 4 is 25.0 Å². The molecule has 2 aliphatic heterocycles. The number of aromatic hydroxyl groups is 4. The van der Waals surface area contributed by atoms with Gasteiger partial charge in [0, 0.05) is 36.3 Å². The predicted octanol–water partition coefficient (Wildman–Crippen LogP) is -5.84. The number of benzene rings is 4. The number of phenolic OH excluding ortho intramolecular Hbond substituents is 4. The zero-order chi connectivity index (χ0) is 33.8. The van der Waals surface area contributed by atoms with Crippen molar-refractivity contribution in [2.75, 3.05) is 27.2 Å². The molecule has 0 unspecified atom stereocenters. The molecule has 0 saturated carbocycles. The molecule has 0 saturated heterocycles. The Morgan fingerprint density at radius 1 is 0.712 bits per heavy atom. The molecule has 0 bridgehead atoms. The molecule has 2 aliphatic carbocycles. The van der Waals surface area contributed by atoms with Gasteiger partial charge in [-0.1, -0.05) is 48.5 Å². The van der Waals surface area contributed by atoms with Crippen LogP contribution >= 0.6 is 12.4 Å². The number of hydrogen-bond acceptors (Lipinski definition) is 11. The first-order valence-corrected chi connectivity index (χ1v) is 15.1. The van der Waals surface area contributed by atoms with Gasteiger partial charge < -0.3 is 48.5 Å². The molecule has 2 atom stereocenters. The first kappa shape index (κ1) is 49.4. The minimum Gasteiger partial charge on any atom is -1.00 e. The minimum atomic E-state index is -0.181. The first-order valence-electron chi connectivity index (χ1n) is 15.1. The van der Waals surface area contributed by atoms with Crippen molar-refractivity contribution in [1.82, 2.24) is 9.80 Å². The van der Waals surface area contributed by atoms with Crippen molar-refractivity contribution in [1.29, 1.82) is 0 Å². The molecule has 12 nitrogen and oxygen atoms in total. The average molecular weight is 776 g/mol. The van der Waals surface area contributed by atoms with E-state index in [9.17, 15) is 20.4 Å². The van der Waals surface area contributed by atoms with Crippen LogP contribution in [0, 0.1) is 0 Å². The number of phenols is 4. The summed E-state index contributed by atoms with van der Waals surface area (Å²) in [5, 5.41) is 48.5. The maximum atomic E-state index is 10.3. The largest absolute Gasteiger partial charge is 1.00 e. The fourth-order valence-corrected chi connectivity index (χ4v) is 7.35. The van der Waals surface area contributed by atoms with Gasteiger partial charge in [-0.05, 0) is 96.4 Å². The van der Waals surface area contributed by atoms with E-state index in [1.807, 2.05) is 12.1 Å². The van der Waals surface area contributed by atoms with Crippen LogP contribution in [0.5, 0.6) is 23.0 Å². The summed E-state index contributed by atoms with van der Waals surface area (Å²) < 4.78 is 0. The van der Waals surface area contributed by atoms with Crippen molar-refractivity contribution < 1.29 is 122 Å². The van der Waals surface area contributed by atoms with Crippen molar-refractivity contribution in [3.8, 4) is 45.3 Å². The molecule has 0 aromatic heterocycles. The summed E-state index contributed by atoms with van der Waals surface area (Å²) in [7, 11) is 4.32. The van der Waals surface area contributed by atoms with E-state index in [0.29, 0.717) is 12.1 Å². The Morgan fingerprint density at radius 3 is 1.38 bits per heavy atom. The number of hydrogen-bond donors (Lipinski definition) is 4. The van der Waals surface area contributed by atoms with Gasteiger partial charge in [0.05, 0.1) is 0 Å². The van der Waals surface area contributed by atoms with E-state index in [4.69, 9.17) is 19.6 Å². The molecule has 0 spiro atoms. The second kappa shape index (κ2) is 21.9. The third-order valence-corrected chi connectivity index (χ3v) is 9.48. The molecule has 4 aliphatic rings. The molecule has 8 rings (SSSR count). The van der Waals surface area contributed by atoms with E-state index in [1.165, 1.54) is 22.3 Å². The summed E-state index contributed by atoms with van der Waals surface area (Å²) in [4.78, 5) is 32.3. The second-order valence-electron chi connectivity index (χ2n) is 11.9. The fourth-order valence-electron chi connectivity index (χ4n) is 7.35. The quantitative estimate of drug-likeness (QED) is 0.0472. The number of halogens is 2. The first-order chi connectivity index (χ1) is 22.7. The van der Waals surface area contributed by atoms with E-state index in [-0.39, 0.29) is 125 Å². The van der Waals surface area contributed by atoms with Gasteiger partial charge in [-0.2, -0.15) is 9.59 Å². The third kappa shape index (κ3) is 9.71. The van der Waals surface area contributed by atoms with E-state index >= 15 is 0 Å². The van der Waals surface area contributed by atoms with Gasteiger partial charge in [0.15, 0.2) is 23.0 Å². The molecule has 0 radical (unpaired) electrons. The standard InChI is InChI=1S/2C17H17NO2.CH2O3.CO2.2ClH.2Na.H2O/c2*1-18-8-7-10-3-2-4-12-15(10)13(18)9-11-5-6-14(19)17(20)16(11)12;2-1-4-3;2-1-3;;;;;/h2*2-6,13,19-20H,7-9H2,1H3;1,3H;;2*1H;;;1H2/q;;;;;;2*+1;/p-2/t2*13-;;;;;;;/m11......./s1. The summed E-state index contributed by atoms with van der Waals surface area (Å²) in [5.41, 5.74) is 11.4. The van der Waals surface area contributed by atoms with Gasteiger partial charge in [0.25, 0.3) is 6.47 Å². The van der Waals surface area contributed by atoms with Crippen LogP contribution in [0.4, 0.5) is 0 Å². The molecular formula is C36H38Cl2N2Na2O10. The summed E-state index contributed by atoms with van der Waals surface area (Å²) in [5.74, 6) is -0.0434.